The molecule has 33 heavy (non-hydrogen) atoms. The second-order valence-electron chi connectivity index (χ2n) is 7.84. The van der Waals surface area contributed by atoms with Crippen molar-refractivity contribution in [2.75, 3.05) is 38.5 Å². The molecule has 4 aromatic rings. The zero-order valence-electron chi connectivity index (χ0n) is 18.4. The van der Waals surface area contributed by atoms with Gasteiger partial charge in [0.2, 0.25) is 0 Å². The van der Waals surface area contributed by atoms with E-state index in [9.17, 15) is 4.79 Å². The molecule has 1 fully saturated rings. The summed E-state index contributed by atoms with van der Waals surface area (Å²) in [5.74, 6) is 7.27. The van der Waals surface area contributed by atoms with Gasteiger partial charge in [-0.25, -0.2) is 9.97 Å². The van der Waals surface area contributed by atoms with Crippen LogP contribution in [0.5, 0.6) is 0 Å². The lowest BCUT2D eigenvalue weighted by Crippen LogP contribution is -2.46. The van der Waals surface area contributed by atoms with Crippen molar-refractivity contribution in [3.05, 3.63) is 83.9 Å². The highest BCUT2D eigenvalue weighted by Gasteiger charge is 2.17. The Labute approximate surface area is 192 Å². The predicted molar refractivity (Wildman–Crippen MR) is 129 cm³/mol. The molecule has 4 heterocycles. The number of aromatic nitrogens is 3. The predicted octanol–water partition coefficient (Wildman–Crippen LogP) is 2.88. The second-order valence-corrected chi connectivity index (χ2v) is 7.84. The molecule has 0 aliphatic carbocycles. The number of hydrogen-bond acceptors (Lipinski definition) is 5. The molecule has 2 N–H and O–H groups in total. The van der Waals surface area contributed by atoms with E-state index in [0.717, 1.165) is 60.0 Å². The molecular formula is C26H24N6O. The number of piperazine rings is 1. The van der Waals surface area contributed by atoms with Gasteiger partial charge in [0.15, 0.2) is 0 Å². The van der Waals surface area contributed by atoms with Crippen LogP contribution in [0.3, 0.4) is 0 Å². The molecule has 0 bridgehead atoms. The second kappa shape index (κ2) is 9.15. The molecule has 0 saturated carbocycles. The molecule has 0 radical (unpaired) electrons. The largest absolute Gasteiger partial charge is 0.373 e. The van der Waals surface area contributed by atoms with Gasteiger partial charge < -0.3 is 15.5 Å². The zero-order chi connectivity index (χ0) is 22.6. The molecule has 0 unspecified atom stereocenters. The highest BCUT2D eigenvalue weighted by molar-refractivity contribution is 5.94. The van der Waals surface area contributed by atoms with Crippen molar-refractivity contribution in [2.24, 2.45) is 0 Å². The van der Waals surface area contributed by atoms with E-state index in [1.807, 2.05) is 71.1 Å². The summed E-state index contributed by atoms with van der Waals surface area (Å²) in [6, 6.07) is 15.6. The average Bonchev–Trinajstić information content (AvgIpc) is 3.30. The van der Waals surface area contributed by atoms with E-state index >= 15 is 0 Å². The van der Waals surface area contributed by atoms with Gasteiger partial charge in [-0.15, -0.1) is 0 Å². The van der Waals surface area contributed by atoms with Gasteiger partial charge in [-0.2, -0.15) is 0 Å². The smallest absolute Gasteiger partial charge is 0.253 e. The van der Waals surface area contributed by atoms with E-state index in [1.54, 1.807) is 12.4 Å². The lowest BCUT2D eigenvalue weighted by Gasteiger charge is -2.27. The third-order valence-electron chi connectivity index (χ3n) is 5.73. The molecule has 7 heteroatoms. The maximum Gasteiger partial charge on any atom is 0.253 e. The summed E-state index contributed by atoms with van der Waals surface area (Å²) in [6.07, 6.45) is 5.55. The quantitative estimate of drug-likeness (QED) is 0.483. The minimum Gasteiger partial charge on any atom is -0.373 e. The molecule has 1 aliphatic heterocycles. The van der Waals surface area contributed by atoms with Crippen molar-refractivity contribution < 1.29 is 4.79 Å². The van der Waals surface area contributed by atoms with Gasteiger partial charge in [0, 0.05) is 56.7 Å². The molecule has 1 saturated heterocycles. The maximum absolute atomic E-state index is 12.7. The minimum atomic E-state index is 0.0863. The van der Waals surface area contributed by atoms with Gasteiger partial charge in [-0.05, 0) is 53.4 Å². The molecule has 164 valence electrons. The summed E-state index contributed by atoms with van der Waals surface area (Å²) >= 11 is 0. The Morgan fingerprint density at radius 3 is 2.58 bits per heavy atom. The zero-order valence-corrected chi connectivity index (χ0v) is 18.4. The van der Waals surface area contributed by atoms with Gasteiger partial charge >= 0.3 is 0 Å². The molecule has 5 rings (SSSR count). The number of nitrogens with one attached hydrogen (secondary N) is 2. The first-order valence-corrected chi connectivity index (χ1v) is 10.9. The van der Waals surface area contributed by atoms with E-state index in [2.05, 4.69) is 32.4 Å². The topological polar surface area (TPSA) is 74.6 Å². The van der Waals surface area contributed by atoms with Crippen molar-refractivity contribution in [1.29, 1.82) is 0 Å². The van der Waals surface area contributed by atoms with Crippen LogP contribution in [-0.2, 0) is 0 Å². The molecule has 1 aliphatic rings. The fraction of sp³-hybridized carbons (Fsp3) is 0.192. The van der Waals surface area contributed by atoms with Crippen molar-refractivity contribution >= 4 is 17.4 Å². The minimum absolute atomic E-state index is 0.0863. The Balaban J connectivity index is 1.40. The van der Waals surface area contributed by atoms with Gasteiger partial charge in [-0.1, -0.05) is 18.1 Å². The monoisotopic (exact) mass is 436 g/mol. The molecule has 1 aromatic carbocycles. The fourth-order valence-electron chi connectivity index (χ4n) is 3.88. The van der Waals surface area contributed by atoms with Crippen LogP contribution < -0.4 is 10.6 Å². The number of nitrogens with zero attached hydrogens (tertiary/aromatic N) is 4. The van der Waals surface area contributed by atoms with Crippen LogP contribution in [0.15, 0.2) is 67.1 Å². The lowest BCUT2D eigenvalue weighted by atomic mass is 10.0. The van der Waals surface area contributed by atoms with Gasteiger partial charge in [-0.3, -0.25) is 9.20 Å². The number of carbonyl (C=O) groups excluding carboxylic acids is 1. The van der Waals surface area contributed by atoms with E-state index in [1.165, 1.54) is 0 Å². The number of imidazole rings is 1. The SMILES string of the molecule is CNc1cc(C#Cc2cnc3ccc(-c4ccc(C(=O)N5CCNCC5)cc4)cn23)ccn1. The third-order valence-corrected chi connectivity index (χ3v) is 5.73. The van der Waals surface area contributed by atoms with E-state index in [0.29, 0.717) is 5.56 Å². The lowest BCUT2D eigenvalue weighted by molar-refractivity contribution is 0.0736. The van der Waals surface area contributed by atoms with E-state index < -0.39 is 0 Å². The summed E-state index contributed by atoms with van der Waals surface area (Å²) < 4.78 is 1.99. The summed E-state index contributed by atoms with van der Waals surface area (Å²) in [7, 11) is 1.83. The highest BCUT2D eigenvalue weighted by atomic mass is 16.2. The van der Waals surface area contributed by atoms with Crippen LogP contribution in [0, 0.1) is 11.8 Å². The molecule has 3 aromatic heterocycles. The number of pyridine rings is 2. The van der Waals surface area contributed by atoms with Crippen LogP contribution in [-0.4, -0.2) is 58.4 Å². The van der Waals surface area contributed by atoms with Gasteiger partial charge in [0.05, 0.1) is 6.20 Å². The number of carbonyl (C=O) groups is 1. The maximum atomic E-state index is 12.7. The van der Waals surface area contributed by atoms with Crippen molar-refractivity contribution in [2.45, 2.75) is 0 Å². The molecular weight excluding hydrogens is 412 g/mol. The summed E-state index contributed by atoms with van der Waals surface area (Å²) in [5, 5.41) is 6.30. The average molecular weight is 437 g/mol. The first kappa shape index (κ1) is 20.7. The molecule has 0 atom stereocenters. The van der Waals surface area contributed by atoms with Crippen molar-refractivity contribution in [1.82, 2.24) is 24.6 Å². The number of benzene rings is 1. The van der Waals surface area contributed by atoms with Crippen LogP contribution in [0.2, 0.25) is 0 Å². The standard InChI is InChI=1S/C26H24N6O/c1-27-24-16-19(10-11-29-24)2-8-23-17-30-25-9-7-22(18-32(23)25)20-3-5-21(6-4-20)26(33)31-14-12-28-13-15-31/h3-7,9-11,16-18,28H,12-15H2,1H3,(H,27,29). The Morgan fingerprint density at radius 2 is 1.79 bits per heavy atom. The van der Waals surface area contributed by atoms with Crippen LogP contribution >= 0.6 is 0 Å². The van der Waals surface area contributed by atoms with Crippen LogP contribution in [0.1, 0.15) is 21.6 Å². The van der Waals surface area contributed by atoms with Gasteiger partial charge in [0.1, 0.15) is 17.2 Å². The normalized spacial score (nSPS) is 13.4. The Morgan fingerprint density at radius 1 is 1.00 bits per heavy atom. The molecule has 0 spiro atoms. The van der Waals surface area contributed by atoms with Crippen molar-refractivity contribution in [3.63, 3.8) is 0 Å². The number of rotatable bonds is 3. The number of amides is 1. The number of hydrogen-bond donors (Lipinski definition) is 2. The van der Waals surface area contributed by atoms with Gasteiger partial charge in [0.25, 0.3) is 5.91 Å². The Bertz CT molecular complexity index is 1360. The Kier molecular flexibility index (Phi) is 5.75. The summed E-state index contributed by atoms with van der Waals surface area (Å²) in [4.78, 5) is 23.3. The number of anilines is 1. The molecule has 7 nitrogen and oxygen atoms in total. The third kappa shape index (κ3) is 4.43. The molecule has 1 amide bonds. The van der Waals surface area contributed by atoms with E-state index in [4.69, 9.17) is 0 Å². The van der Waals surface area contributed by atoms with E-state index in [-0.39, 0.29) is 5.91 Å². The number of fused-ring (bicyclic) bond motifs is 1. The summed E-state index contributed by atoms with van der Waals surface area (Å²) in [6.45, 7) is 3.19. The van der Waals surface area contributed by atoms with Crippen LogP contribution in [0.4, 0.5) is 5.82 Å². The highest BCUT2D eigenvalue weighted by Crippen LogP contribution is 2.22. The summed E-state index contributed by atoms with van der Waals surface area (Å²) in [5.41, 5.74) is 5.30. The van der Waals surface area contributed by atoms with Crippen molar-refractivity contribution in [3.8, 4) is 23.0 Å². The van der Waals surface area contributed by atoms with Crippen LogP contribution in [0.25, 0.3) is 16.8 Å². The Hall–Kier alpha value is -4.15. The first-order chi connectivity index (χ1) is 16.2. The fourth-order valence-corrected chi connectivity index (χ4v) is 3.88. The first-order valence-electron chi connectivity index (χ1n) is 10.9.